The molecule has 0 fully saturated rings. The highest BCUT2D eigenvalue weighted by Gasteiger charge is 1.88. The molecule has 0 saturated carbocycles. The number of esters is 1. The molecule has 3 heteroatoms. The van der Waals surface area contributed by atoms with Gasteiger partial charge in [-0.25, -0.2) is 0 Å². The van der Waals surface area contributed by atoms with Gasteiger partial charge in [-0.1, -0.05) is 6.55 Å². The van der Waals surface area contributed by atoms with E-state index in [1.807, 2.05) is 0 Å². The lowest BCUT2D eigenvalue weighted by Gasteiger charge is -1.96. The molecule has 0 aromatic rings. The first-order chi connectivity index (χ1) is 3.77. The van der Waals surface area contributed by atoms with Crippen LogP contribution in [0.5, 0.6) is 0 Å². The Bertz CT molecular complexity index is 72.8. The van der Waals surface area contributed by atoms with Gasteiger partial charge in [0.1, 0.15) is 0 Å². The van der Waals surface area contributed by atoms with Gasteiger partial charge < -0.3 is 4.74 Å². The number of rotatable bonds is 3. The lowest BCUT2D eigenvalue weighted by Crippen LogP contribution is -2.01. The number of carbonyl (C=O) groups is 1. The molecule has 0 spiro atoms. The van der Waals surface area contributed by atoms with Gasteiger partial charge in [0.25, 0.3) is 0 Å². The van der Waals surface area contributed by atoms with Crippen LogP contribution in [0.1, 0.15) is 6.92 Å². The molecule has 8 heavy (non-hydrogen) atoms. The molecular weight excluding hydrogens is 120 g/mol. The molecule has 0 atom stereocenters. The van der Waals surface area contributed by atoms with E-state index in [0.717, 1.165) is 6.04 Å². The first-order valence-corrected chi connectivity index (χ1v) is 5.32. The first kappa shape index (κ1) is 7.69. The summed E-state index contributed by atoms with van der Waals surface area (Å²) in [7, 11) is 0.0938. The summed E-state index contributed by atoms with van der Waals surface area (Å²) in [5, 5.41) is 0. The molecule has 0 radical (unpaired) electrons. The largest absolute Gasteiger partial charge is 0.466 e. The van der Waals surface area contributed by atoms with Crippen molar-refractivity contribution < 1.29 is 9.53 Å². The molecule has 0 rings (SSSR count). The van der Waals surface area contributed by atoms with Crippen LogP contribution >= 0.6 is 0 Å². The van der Waals surface area contributed by atoms with Gasteiger partial charge in [-0.3, -0.25) is 4.79 Å². The maximum absolute atomic E-state index is 10.1. The second-order valence-electron chi connectivity index (χ2n) is 1.69. The Morgan fingerprint density at radius 1 is 1.75 bits per heavy atom. The highest BCUT2D eigenvalue weighted by molar-refractivity contribution is 6.33. The average Bonchev–Trinajstić information content (AvgIpc) is 1.66. The summed E-state index contributed by atoms with van der Waals surface area (Å²) in [4.78, 5) is 10.1. The maximum atomic E-state index is 10.1. The summed E-state index contributed by atoms with van der Waals surface area (Å²) in [6.07, 6.45) is 0. The molecular formula is C5H12O2Si. The Morgan fingerprint density at radius 2 is 2.38 bits per heavy atom. The summed E-state index contributed by atoms with van der Waals surface area (Å²) >= 11 is 0. The smallest absolute Gasteiger partial charge is 0.302 e. The van der Waals surface area contributed by atoms with E-state index in [-0.39, 0.29) is 15.5 Å². The minimum Gasteiger partial charge on any atom is -0.466 e. The van der Waals surface area contributed by atoms with Crippen LogP contribution in [0.4, 0.5) is 0 Å². The Hall–Kier alpha value is -0.313. The van der Waals surface area contributed by atoms with Gasteiger partial charge in [0.05, 0.1) is 6.61 Å². The molecule has 48 valence electrons. The monoisotopic (exact) mass is 132 g/mol. The van der Waals surface area contributed by atoms with E-state index in [1.54, 1.807) is 0 Å². The molecule has 0 saturated heterocycles. The number of hydrogen-bond acceptors (Lipinski definition) is 2. The highest BCUT2D eigenvalue weighted by atomic mass is 28.2. The second-order valence-corrected chi connectivity index (χ2v) is 3.40. The molecule has 0 aliphatic heterocycles. The zero-order valence-electron chi connectivity index (χ0n) is 5.44. The van der Waals surface area contributed by atoms with Gasteiger partial charge in [0.2, 0.25) is 0 Å². The molecule has 0 bridgehead atoms. The standard InChI is InChI=1S/C5H12O2Si/c1-5(6)7-3-4-8-2/h3-4,8H2,1-2H3. The van der Waals surface area contributed by atoms with Crippen molar-refractivity contribution in [2.45, 2.75) is 19.5 Å². The minimum absolute atomic E-state index is 0.0938. The third-order valence-corrected chi connectivity index (χ3v) is 1.80. The van der Waals surface area contributed by atoms with Gasteiger partial charge in [0.15, 0.2) is 0 Å². The Morgan fingerprint density at radius 3 is 2.75 bits per heavy atom. The van der Waals surface area contributed by atoms with E-state index in [0.29, 0.717) is 6.61 Å². The van der Waals surface area contributed by atoms with E-state index in [9.17, 15) is 4.79 Å². The topological polar surface area (TPSA) is 26.3 Å². The van der Waals surface area contributed by atoms with Crippen LogP contribution in [-0.2, 0) is 9.53 Å². The van der Waals surface area contributed by atoms with Gasteiger partial charge in [-0.15, -0.1) is 0 Å². The van der Waals surface area contributed by atoms with Crippen molar-refractivity contribution >= 4 is 15.5 Å². The molecule has 2 nitrogen and oxygen atoms in total. The molecule has 0 unspecified atom stereocenters. The summed E-state index contributed by atoms with van der Waals surface area (Å²) in [6.45, 7) is 4.28. The third-order valence-electron chi connectivity index (χ3n) is 0.803. The highest BCUT2D eigenvalue weighted by Crippen LogP contribution is 1.81. The van der Waals surface area contributed by atoms with Crippen molar-refractivity contribution in [2.24, 2.45) is 0 Å². The molecule has 0 N–H and O–H groups in total. The molecule has 0 aromatic heterocycles. The quantitative estimate of drug-likeness (QED) is 0.311. The van der Waals surface area contributed by atoms with Crippen molar-refractivity contribution in [3.63, 3.8) is 0 Å². The summed E-state index contributed by atoms with van der Waals surface area (Å²) in [6, 6.07) is 1.11. The predicted molar refractivity (Wildman–Crippen MR) is 35.8 cm³/mol. The summed E-state index contributed by atoms with van der Waals surface area (Å²) in [5.74, 6) is -0.160. The average molecular weight is 132 g/mol. The Kier molecular flexibility index (Phi) is 4.65. The summed E-state index contributed by atoms with van der Waals surface area (Å²) < 4.78 is 4.68. The zero-order valence-corrected chi connectivity index (χ0v) is 6.85. The number of carbonyl (C=O) groups excluding carboxylic acids is 1. The second kappa shape index (κ2) is 4.84. The van der Waals surface area contributed by atoms with Gasteiger partial charge in [0, 0.05) is 16.4 Å². The van der Waals surface area contributed by atoms with Gasteiger partial charge >= 0.3 is 5.97 Å². The zero-order chi connectivity index (χ0) is 6.41. The lowest BCUT2D eigenvalue weighted by molar-refractivity contribution is -0.140. The van der Waals surface area contributed by atoms with E-state index >= 15 is 0 Å². The Labute approximate surface area is 52.0 Å². The lowest BCUT2D eigenvalue weighted by atomic mass is 10.8. The SMILES string of the molecule is C[SiH2]CCOC(C)=O. The van der Waals surface area contributed by atoms with Crippen molar-refractivity contribution in [2.75, 3.05) is 6.61 Å². The number of ether oxygens (including phenoxy) is 1. The maximum Gasteiger partial charge on any atom is 0.302 e. The molecule has 0 aliphatic rings. The normalized spacial score (nSPS) is 10.2. The van der Waals surface area contributed by atoms with E-state index < -0.39 is 0 Å². The van der Waals surface area contributed by atoms with Gasteiger partial charge in [-0.2, -0.15) is 0 Å². The van der Waals surface area contributed by atoms with Crippen LogP contribution in [0.3, 0.4) is 0 Å². The van der Waals surface area contributed by atoms with Crippen LogP contribution in [-0.4, -0.2) is 22.1 Å². The van der Waals surface area contributed by atoms with E-state index in [1.165, 1.54) is 6.92 Å². The van der Waals surface area contributed by atoms with E-state index in [4.69, 9.17) is 0 Å². The van der Waals surface area contributed by atoms with Crippen molar-refractivity contribution in [1.29, 1.82) is 0 Å². The van der Waals surface area contributed by atoms with E-state index in [2.05, 4.69) is 11.3 Å². The molecule has 0 aliphatic carbocycles. The van der Waals surface area contributed by atoms with Crippen LogP contribution < -0.4 is 0 Å². The molecule has 0 amide bonds. The van der Waals surface area contributed by atoms with Crippen LogP contribution in [0.2, 0.25) is 12.6 Å². The summed E-state index contributed by atoms with van der Waals surface area (Å²) in [5.41, 5.74) is 0. The van der Waals surface area contributed by atoms with Gasteiger partial charge in [-0.05, 0) is 6.04 Å². The minimum atomic E-state index is -0.160. The fourth-order valence-electron chi connectivity index (χ4n) is 0.360. The van der Waals surface area contributed by atoms with Crippen LogP contribution in [0.15, 0.2) is 0 Å². The van der Waals surface area contributed by atoms with Crippen molar-refractivity contribution in [1.82, 2.24) is 0 Å². The molecule has 0 aromatic carbocycles. The van der Waals surface area contributed by atoms with Crippen LogP contribution in [0, 0.1) is 0 Å². The predicted octanol–water partition coefficient (Wildman–Crippen LogP) is 0.185. The van der Waals surface area contributed by atoms with Crippen molar-refractivity contribution in [3.05, 3.63) is 0 Å². The third kappa shape index (κ3) is 5.69. The van der Waals surface area contributed by atoms with Crippen molar-refractivity contribution in [3.8, 4) is 0 Å². The fraction of sp³-hybridized carbons (Fsp3) is 0.800. The Balaban J connectivity index is 2.82. The fourth-order valence-corrected chi connectivity index (χ4v) is 0.793. The number of hydrogen-bond donors (Lipinski definition) is 0. The van der Waals surface area contributed by atoms with Crippen LogP contribution in [0.25, 0.3) is 0 Å². The molecule has 0 heterocycles. The first-order valence-electron chi connectivity index (χ1n) is 2.90.